The Morgan fingerprint density at radius 2 is 1.61 bits per heavy atom. The molecule has 0 aromatic heterocycles. The van der Waals surface area contributed by atoms with Crippen molar-refractivity contribution in [3.63, 3.8) is 0 Å². The zero-order chi connectivity index (χ0) is 20.1. The number of nitro groups is 1. The number of urea groups is 1. The number of nitrogens with zero attached hydrogens (tertiary/aromatic N) is 1. The first kappa shape index (κ1) is 18.8. The van der Waals surface area contributed by atoms with Crippen LogP contribution in [0.25, 0.3) is 0 Å². The lowest BCUT2D eigenvalue weighted by Gasteiger charge is -2.13. The van der Waals surface area contributed by atoms with Crippen molar-refractivity contribution in [1.29, 1.82) is 0 Å². The number of amides is 2. The Balaban J connectivity index is 1.72. The van der Waals surface area contributed by atoms with Crippen molar-refractivity contribution in [2.24, 2.45) is 0 Å². The molecule has 142 valence electrons. The smallest absolute Gasteiger partial charge is 0.323 e. The van der Waals surface area contributed by atoms with Gasteiger partial charge in [-0.3, -0.25) is 10.1 Å². The molecule has 7 nitrogen and oxygen atoms in total. The van der Waals surface area contributed by atoms with Crippen LogP contribution in [0.4, 0.5) is 30.6 Å². The van der Waals surface area contributed by atoms with Crippen LogP contribution in [0, 0.1) is 21.7 Å². The number of rotatable bonds is 5. The quantitative estimate of drug-likeness (QED) is 0.460. The number of carbonyl (C=O) groups excluding carboxylic acids is 1. The van der Waals surface area contributed by atoms with E-state index in [-0.39, 0.29) is 22.8 Å². The van der Waals surface area contributed by atoms with Crippen molar-refractivity contribution in [3.8, 4) is 11.5 Å². The molecule has 0 aliphatic rings. The van der Waals surface area contributed by atoms with Crippen molar-refractivity contribution >= 4 is 23.1 Å². The Morgan fingerprint density at radius 3 is 2.29 bits per heavy atom. The number of nitro benzene ring substituents is 1. The molecule has 2 amide bonds. The molecule has 3 aromatic carbocycles. The molecule has 2 N–H and O–H groups in total. The van der Waals surface area contributed by atoms with E-state index in [1.165, 1.54) is 24.3 Å². The van der Waals surface area contributed by atoms with Crippen LogP contribution >= 0.6 is 0 Å². The minimum absolute atomic E-state index is 0.0838. The third kappa shape index (κ3) is 4.58. The number of non-ortho nitro benzene ring substituents is 1. The summed E-state index contributed by atoms with van der Waals surface area (Å²) in [6.07, 6.45) is 0. The van der Waals surface area contributed by atoms with E-state index in [9.17, 15) is 23.7 Å². The van der Waals surface area contributed by atoms with Gasteiger partial charge in [0.2, 0.25) is 0 Å². The standard InChI is InChI=1S/C19H13F2N3O4/c20-12-5-10-16(15(21)11-12)22-19(25)23-17-3-1-2-4-18(17)28-14-8-6-13(7-9-14)24(26)27/h1-11H,(H2,22,23,25). The highest BCUT2D eigenvalue weighted by Gasteiger charge is 2.12. The summed E-state index contributed by atoms with van der Waals surface area (Å²) in [4.78, 5) is 22.3. The normalized spacial score (nSPS) is 10.2. The lowest BCUT2D eigenvalue weighted by Crippen LogP contribution is -2.20. The monoisotopic (exact) mass is 385 g/mol. The lowest BCUT2D eigenvalue weighted by atomic mass is 10.2. The highest BCUT2D eigenvalue weighted by Crippen LogP contribution is 2.30. The fourth-order valence-corrected chi connectivity index (χ4v) is 2.29. The minimum atomic E-state index is -0.912. The predicted octanol–water partition coefficient (Wildman–Crippen LogP) is 5.31. The van der Waals surface area contributed by atoms with Crippen LogP contribution in [0.1, 0.15) is 0 Å². The Hall–Kier alpha value is -4.01. The third-order valence-electron chi connectivity index (χ3n) is 3.59. The SMILES string of the molecule is O=C(Nc1ccc(F)cc1F)Nc1ccccc1Oc1ccc([N+](=O)[O-])cc1. The summed E-state index contributed by atoms with van der Waals surface area (Å²) >= 11 is 0. The molecule has 0 bridgehead atoms. The Morgan fingerprint density at radius 1 is 0.929 bits per heavy atom. The maximum atomic E-state index is 13.7. The van der Waals surface area contributed by atoms with Crippen molar-refractivity contribution in [1.82, 2.24) is 0 Å². The highest BCUT2D eigenvalue weighted by atomic mass is 19.1. The molecular weight excluding hydrogens is 372 g/mol. The zero-order valence-electron chi connectivity index (χ0n) is 14.2. The van der Waals surface area contributed by atoms with Gasteiger partial charge in [0.05, 0.1) is 16.3 Å². The molecule has 0 saturated carbocycles. The molecule has 0 radical (unpaired) electrons. The lowest BCUT2D eigenvalue weighted by molar-refractivity contribution is -0.384. The van der Waals surface area contributed by atoms with Gasteiger partial charge in [-0.25, -0.2) is 13.6 Å². The van der Waals surface area contributed by atoms with E-state index in [1.807, 2.05) is 0 Å². The number of nitrogens with one attached hydrogen (secondary N) is 2. The van der Waals surface area contributed by atoms with Gasteiger partial charge in [0.25, 0.3) is 5.69 Å². The summed E-state index contributed by atoms with van der Waals surface area (Å²) < 4.78 is 32.2. The van der Waals surface area contributed by atoms with E-state index in [4.69, 9.17) is 4.74 Å². The summed E-state index contributed by atoms with van der Waals surface area (Å²) in [6.45, 7) is 0. The number of para-hydroxylation sites is 2. The number of carbonyl (C=O) groups is 1. The predicted molar refractivity (Wildman–Crippen MR) is 98.6 cm³/mol. The van der Waals surface area contributed by atoms with Crippen LogP contribution in [-0.4, -0.2) is 11.0 Å². The van der Waals surface area contributed by atoms with Crippen LogP contribution in [0.15, 0.2) is 66.7 Å². The van der Waals surface area contributed by atoms with E-state index >= 15 is 0 Å². The maximum absolute atomic E-state index is 13.7. The number of ether oxygens (including phenoxy) is 1. The summed E-state index contributed by atoms with van der Waals surface area (Å²) in [6, 6.07) is 13.9. The average Bonchev–Trinajstić information content (AvgIpc) is 2.66. The Labute approximate surface area is 157 Å². The Bertz CT molecular complexity index is 1030. The first-order valence-corrected chi connectivity index (χ1v) is 7.97. The van der Waals surface area contributed by atoms with Crippen LogP contribution < -0.4 is 15.4 Å². The number of hydrogen-bond donors (Lipinski definition) is 2. The summed E-state index contributed by atoms with van der Waals surface area (Å²) in [5, 5.41) is 15.5. The van der Waals surface area contributed by atoms with Crippen molar-refractivity contribution in [2.45, 2.75) is 0 Å². The number of halogens is 2. The molecule has 28 heavy (non-hydrogen) atoms. The van der Waals surface area contributed by atoms with E-state index in [1.54, 1.807) is 24.3 Å². The molecular formula is C19H13F2N3O4. The molecule has 3 aromatic rings. The van der Waals surface area contributed by atoms with Gasteiger partial charge in [-0.1, -0.05) is 12.1 Å². The maximum Gasteiger partial charge on any atom is 0.323 e. The topological polar surface area (TPSA) is 93.5 Å². The summed E-state index contributed by atoms with van der Waals surface area (Å²) in [7, 11) is 0. The molecule has 0 saturated heterocycles. The average molecular weight is 385 g/mol. The number of anilines is 2. The highest BCUT2D eigenvalue weighted by molar-refractivity contribution is 6.00. The number of hydrogen-bond acceptors (Lipinski definition) is 4. The van der Waals surface area contributed by atoms with E-state index in [0.29, 0.717) is 11.8 Å². The van der Waals surface area contributed by atoms with E-state index in [0.717, 1.165) is 12.1 Å². The molecule has 0 aliphatic carbocycles. The summed E-state index contributed by atoms with van der Waals surface area (Å²) in [5.74, 6) is -1.08. The van der Waals surface area contributed by atoms with E-state index < -0.39 is 22.6 Å². The van der Waals surface area contributed by atoms with Gasteiger partial charge in [0.15, 0.2) is 5.75 Å². The minimum Gasteiger partial charge on any atom is -0.455 e. The molecule has 9 heteroatoms. The summed E-state index contributed by atoms with van der Waals surface area (Å²) in [5.41, 5.74) is 0.00741. The van der Waals surface area contributed by atoms with E-state index in [2.05, 4.69) is 10.6 Å². The van der Waals surface area contributed by atoms with Gasteiger partial charge in [-0.2, -0.15) is 0 Å². The molecule has 3 rings (SSSR count). The van der Waals surface area contributed by atoms with Crippen LogP contribution in [-0.2, 0) is 0 Å². The first-order chi connectivity index (χ1) is 13.4. The fourth-order valence-electron chi connectivity index (χ4n) is 2.29. The van der Waals surface area contributed by atoms with Crippen molar-refractivity contribution in [2.75, 3.05) is 10.6 Å². The van der Waals surface area contributed by atoms with Gasteiger partial charge < -0.3 is 15.4 Å². The van der Waals surface area contributed by atoms with Crippen molar-refractivity contribution < 1.29 is 23.2 Å². The van der Waals surface area contributed by atoms with Gasteiger partial charge in [0.1, 0.15) is 17.4 Å². The second-order valence-corrected chi connectivity index (χ2v) is 5.55. The molecule has 0 heterocycles. The largest absolute Gasteiger partial charge is 0.455 e. The molecule has 0 atom stereocenters. The van der Waals surface area contributed by atoms with Gasteiger partial charge in [-0.05, 0) is 36.4 Å². The van der Waals surface area contributed by atoms with Gasteiger partial charge in [0, 0.05) is 18.2 Å². The molecule has 0 spiro atoms. The van der Waals surface area contributed by atoms with Crippen LogP contribution in [0.2, 0.25) is 0 Å². The van der Waals surface area contributed by atoms with Gasteiger partial charge in [-0.15, -0.1) is 0 Å². The fraction of sp³-hybridized carbons (Fsp3) is 0. The van der Waals surface area contributed by atoms with Crippen LogP contribution in [0.5, 0.6) is 11.5 Å². The second-order valence-electron chi connectivity index (χ2n) is 5.55. The van der Waals surface area contributed by atoms with Crippen molar-refractivity contribution in [3.05, 3.63) is 88.5 Å². The molecule has 0 unspecified atom stereocenters. The zero-order valence-corrected chi connectivity index (χ0v) is 14.2. The molecule has 0 fully saturated rings. The van der Waals surface area contributed by atoms with Crippen LogP contribution in [0.3, 0.4) is 0 Å². The Kier molecular flexibility index (Phi) is 5.45. The number of benzene rings is 3. The van der Waals surface area contributed by atoms with Gasteiger partial charge >= 0.3 is 6.03 Å². The molecule has 0 aliphatic heterocycles. The first-order valence-electron chi connectivity index (χ1n) is 7.97. The third-order valence-corrected chi connectivity index (χ3v) is 3.59. The second kappa shape index (κ2) is 8.12.